The number of hydrogen-bond acceptors (Lipinski definition) is 5. The summed E-state index contributed by atoms with van der Waals surface area (Å²) in [6.07, 6.45) is 4.95. The van der Waals surface area contributed by atoms with Crippen LogP contribution in [-0.4, -0.2) is 43.3 Å². The molecule has 0 saturated heterocycles. The van der Waals surface area contributed by atoms with Gasteiger partial charge in [-0.25, -0.2) is 13.3 Å². The molecule has 0 unspecified atom stereocenters. The lowest BCUT2D eigenvalue weighted by Crippen LogP contribution is -2.46. The molecule has 0 fully saturated rings. The minimum absolute atomic E-state index is 0.232. The highest BCUT2D eigenvalue weighted by Crippen LogP contribution is 2.26. The van der Waals surface area contributed by atoms with Gasteiger partial charge in [-0.3, -0.25) is 0 Å². The smallest absolute Gasteiger partial charge is 0.332 e. The molecule has 0 radical (unpaired) electrons. The molecule has 0 aliphatic carbocycles. The predicted molar refractivity (Wildman–Crippen MR) is 99.3 cm³/mol. The van der Waals surface area contributed by atoms with Crippen LogP contribution in [-0.2, 0) is 16.8 Å². The molecule has 2 aromatic rings. The molecule has 0 saturated carbocycles. The Kier molecular flexibility index (Phi) is 4.91. The van der Waals surface area contributed by atoms with E-state index in [1.807, 2.05) is 43.4 Å². The second kappa shape index (κ2) is 7.12. The number of nitrogens with zero attached hydrogens (tertiary/aromatic N) is 3. The Morgan fingerprint density at radius 1 is 1.20 bits per heavy atom. The Labute approximate surface area is 147 Å². The Balaban J connectivity index is 2.12. The maximum Gasteiger partial charge on any atom is 0.332 e. The van der Waals surface area contributed by atoms with E-state index in [1.54, 1.807) is 25.5 Å². The minimum Gasteiger partial charge on any atom is -0.358 e. The van der Waals surface area contributed by atoms with Gasteiger partial charge in [-0.1, -0.05) is 30.3 Å². The second-order valence-electron chi connectivity index (χ2n) is 5.55. The van der Waals surface area contributed by atoms with Gasteiger partial charge in [-0.2, -0.15) is 8.42 Å². The first-order chi connectivity index (χ1) is 12.1. The van der Waals surface area contributed by atoms with E-state index in [0.717, 1.165) is 11.1 Å². The summed E-state index contributed by atoms with van der Waals surface area (Å²) in [6.45, 7) is 0.811. The van der Waals surface area contributed by atoms with Crippen LogP contribution in [0.4, 0.5) is 0 Å². The SMILES string of the molecule is CNCc1cc(-c2ccccc2)n(S(=O)(=O)N2CC=CN=C2NC)c1. The van der Waals surface area contributed by atoms with E-state index < -0.39 is 10.2 Å². The van der Waals surface area contributed by atoms with Gasteiger partial charge in [0.05, 0.1) is 12.2 Å². The van der Waals surface area contributed by atoms with Crippen LogP contribution in [0.1, 0.15) is 5.56 Å². The summed E-state index contributed by atoms with van der Waals surface area (Å²) in [6, 6.07) is 11.4. The molecule has 0 atom stereocenters. The van der Waals surface area contributed by atoms with Crippen LogP contribution >= 0.6 is 0 Å². The van der Waals surface area contributed by atoms with E-state index in [9.17, 15) is 8.42 Å². The van der Waals surface area contributed by atoms with Crippen molar-refractivity contribution in [3.63, 3.8) is 0 Å². The number of benzene rings is 1. The van der Waals surface area contributed by atoms with Gasteiger partial charge in [0.1, 0.15) is 0 Å². The van der Waals surface area contributed by atoms with Crippen LogP contribution in [0.25, 0.3) is 11.3 Å². The fraction of sp³-hybridized carbons (Fsp3) is 0.235. The average molecular weight is 359 g/mol. The minimum atomic E-state index is -3.82. The van der Waals surface area contributed by atoms with Crippen molar-refractivity contribution in [2.75, 3.05) is 20.6 Å². The molecule has 3 rings (SSSR count). The summed E-state index contributed by atoms with van der Waals surface area (Å²) in [4.78, 5) is 4.11. The van der Waals surface area contributed by atoms with Gasteiger partial charge in [0, 0.05) is 26.0 Å². The lowest BCUT2D eigenvalue weighted by atomic mass is 10.1. The first-order valence-electron chi connectivity index (χ1n) is 7.93. The van der Waals surface area contributed by atoms with E-state index in [4.69, 9.17) is 0 Å². The van der Waals surface area contributed by atoms with Crippen molar-refractivity contribution in [1.29, 1.82) is 0 Å². The van der Waals surface area contributed by atoms with Crippen molar-refractivity contribution in [2.45, 2.75) is 6.54 Å². The average Bonchev–Trinajstić information content (AvgIpc) is 3.07. The molecule has 8 heteroatoms. The molecule has 1 aromatic carbocycles. The van der Waals surface area contributed by atoms with Gasteiger partial charge in [-0.15, -0.1) is 0 Å². The summed E-state index contributed by atoms with van der Waals surface area (Å²) in [5.41, 5.74) is 2.35. The zero-order chi connectivity index (χ0) is 17.9. The van der Waals surface area contributed by atoms with Gasteiger partial charge < -0.3 is 10.6 Å². The monoisotopic (exact) mass is 359 g/mol. The Bertz CT molecular complexity index is 900. The number of guanidine groups is 1. The van der Waals surface area contributed by atoms with Crippen LogP contribution < -0.4 is 10.6 Å². The molecule has 7 nitrogen and oxygen atoms in total. The molecular formula is C17H21N5O2S. The second-order valence-corrected chi connectivity index (χ2v) is 7.28. The van der Waals surface area contributed by atoms with Crippen molar-refractivity contribution in [3.8, 4) is 11.3 Å². The topological polar surface area (TPSA) is 78.7 Å². The third-order valence-corrected chi connectivity index (χ3v) is 5.53. The van der Waals surface area contributed by atoms with Gasteiger partial charge in [-0.05, 0) is 30.3 Å². The highest BCUT2D eigenvalue weighted by Gasteiger charge is 2.29. The molecule has 0 spiro atoms. The molecule has 0 bridgehead atoms. The van der Waals surface area contributed by atoms with Gasteiger partial charge in [0.15, 0.2) is 0 Å². The van der Waals surface area contributed by atoms with Crippen LogP contribution in [0.3, 0.4) is 0 Å². The summed E-state index contributed by atoms with van der Waals surface area (Å²) < 4.78 is 29.1. The quantitative estimate of drug-likeness (QED) is 0.845. The van der Waals surface area contributed by atoms with Crippen molar-refractivity contribution < 1.29 is 8.42 Å². The first kappa shape index (κ1) is 17.2. The highest BCUT2D eigenvalue weighted by molar-refractivity contribution is 7.88. The fourth-order valence-corrected chi connectivity index (χ4v) is 4.24. The van der Waals surface area contributed by atoms with E-state index in [0.29, 0.717) is 18.2 Å². The van der Waals surface area contributed by atoms with Crippen molar-refractivity contribution in [2.24, 2.45) is 4.99 Å². The van der Waals surface area contributed by atoms with E-state index in [2.05, 4.69) is 15.6 Å². The van der Waals surface area contributed by atoms with E-state index in [1.165, 1.54) is 8.28 Å². The van der Waals surface area contributed by atoms with Crippen LogP contribution in [0.15, 0.2) is 59.9 Å². The Morgan fingerprint density at radius 2 is 1.96 bits per heavy atom. The summed E-state index contributed by atoms with van der Waals surface area (Å²) in [7, 11) is -0.340. The Hall–Kier alpha value is -2.58. The lowest BCUT2D eigenvalue weighted by molar-refractivity contribution is 0.522. The standard InChI is InChI=1S/C17H21N5O2S/c1-18-12-14-11-16(15-7-4-3-5-8-15)22(13-14)25(23,24)21-10-6-9-20-17(21)19-2/h3-9,11,13,18H,10,12H2,1-2H3,(H,19,20). The number of nitrogens with one attached hydrogen (secondary N) is 2. The van der Waals surface area contributed by atoms with Crippen LogP contribution in [0.2, 0.25) is 0 Å². The molecule has 2 N–H and O–H groups in total. The third-order valence-electron chi connectivity index (χ3n) is 3.85. The summed E-state index contributed by atoms with van der Waals surface area (Å²) in [5.74, 6) is 0.297. The first-order valence-corrected chi connectivity index (χ1v) is 9.32. The van der Waals surface area contributed by atoms with Crippen molar-refractivity contribution >= 4 is 16.2 Å². The van der Waals surface area contributed by atoms with Crippen LogP contribution in [0.5, 0.6) is 0 Å². The molecule has 1 aliphatic heterocycles. The third kappa shape index (κ3) is 3.31. The van der Waals surface area contributed by atoms with Crippen LogP contribution in [0, 0.1) is 0 Å². The normalized spacial score (nSPS) is 14.5. The van der Waals surface area contributed by atoms with E-state index in [-0.39, 0.29) is 6.54 Å². The lowest BCUT2D eigenvalue weighted by Gasteiger charge is -2.26. The molecule has 1 aliphatic rings. The zero-order valence-electron chi connectivity index (χ0n) is 14.2. The number of aromatic nitrogens is 1. The molecule has 25 heavy (non-hydrogen) atoms. The number of hydrogen-bond donors (Lipinski definition) is 2. The molecule has 1 aromatic heterocycles. The van der Waals surface area contributed by atoms with Gasteiger partial charge >= 0.3 is 10.2 Å². The summed E-state index contributed by atoms with van der Waals surface area (Å²) in [5, 5.41) is 5.90. The van der Waals surface area contributed by atoms with Crippen molar-refractivity contribution in [3.05, 3.63) is 60.4 Å². The number of rotatable bonds is 5. The molecule has 132 valence electrons. The molecular weight excluding hydrogens is 338 g/mol. The molecule has 2 heterocycles. The maximum atomic E-state index is 13.3. The van der Waals surface area contributed by atoms with Gasteiger partial charge in [0.2, 0.25) is 5.96 Å². The van der Waals surface area contributed by atoms with E-state index >= 15 is 0 Å². The Morgan fingerprint density at radius 3 is 2.64 bits per heavy atom. The summed E-state index contributed by atoms with van der Waals surface area (Å²) >= 11 is 0. The zero-order valence-corrected chi connectivity index (χ0v) is 15.0. The van der Waals surface area contributed by atoms with Crippen molar-refractivity contribution in [1.82, 2.24) is 18.9 Å². The maximum absolute atomic E-state index is 13.3. The highest BCUT2D eigenvalue weighted by atomic mass is 32.2. The number of aliphatic imine (C=N–C) groups is 1. The van der Waals surface area contributed by atoms with Gasteiger partial charge in [0.25, 0.3) is 0 Å². The largest absolute Gasteiger partial charge is 0.358 e. The fourth-order valence-electron chi connectivity index (χ4n) is 2.72. The predicted octanol–water partition coefficient (Wildman–Crippen LogP) is 1.37. The molecule has 0 amide bonds.